The highest BCUT2D eigenvalue weighted by Gasteiger charge is 2.69. The Morgan fingerprint density at radius 2 is 1.63 bits per heavy atom. The molecule has 0 radical (unpaired) electrons. The van der Waals surface area contributed by atoms with Crippen molar-refractivity contribution in [1.82, 2.24) is 0 Å². The van der Waals surface area contributed by atoms with E-state index in [9.17, 15) is 30.3 Å². The third-order valence-electron chi connectivity index (χ3n) is 13.7. The fourth-order valence-electron chi connectivity index (χ4n) is 11.3. The fourth-order valence-corrected chi connectivity index (χ4v) is 11.3. The van der Waals surface area contributed by atoms with Crippen molar-refractivity contribution < 1.29 is 49.6 Å². The Balaban J connectivity index is 1.12. The first kappa shape index (κ1) is 32.1. The van der Waals surface area contributed by atoms with Gasteiger partial charge in [0.2, 0.25) is 0 Å². The van der Waals surface area contributed by atoms with E-state index >= 15 is 0 Å². The van der Waals surface area contributed by atoms with Gasteiger partial charge < -0.3 is 44.8 Å². The second kappa shape index (κ2) is 11.4. The van der Waals surface area contributed by atoms with Gasteiger partial charge in [-0.2, -0.15) is 0 Å². The summed E-state index contributed by atoms with van der Waals surface area (Å²) in [6.07, 6.45) is -0.534. The zero-order valence-corrected chi connectivity index (χ0v) is 26.2. The first-order chi connectivity index (χ1) is 20.3. The van der Waals surface area contributed by atoms with Crippen molar-refractivity contribution in [3.63, 3.8) is 0 Å². The van der Waals surface area contributed by atoms with Crippen LogP contribution in [0.3, 0.4) is 0 Å². The molecule has 2 saturated heterocycles. The van der Waals surface area contributed by atoms with Crippen LogP contribution in [0.1, 0.15) is 85.5 Å². The van der Waals surface area contributed by atoms with Crippen molar-refractivity contribution in [2.24, 2.45) is 52.3 Å². The minimum Gasteiger partial charge on any atom is -0.460 e. The van der Waals surface area contributed by atoms with Crippen molar-refractivity contribution in [3.8, 4) is 0 Å². The molecule has 0 unspecified atom stereocenters. The summed E-state index contributed by atoms with van der Waals surface area (Å²) in [5.74, 6) is 1.18. The molecule has 2 heterocycles. The van der Waals surface area contributed by atoms with Gasteiger partial charge in [0.05, 0.1) is 25.4 Å². The Labute approximate surface area is 255 Å². The molecule has 0 aromatic heterocycles. The molecule has 246 valence electrons. The zero-order chi connectivity index (χ0) is 31.1. The van der Waals surface area contributed by atoms with Crippen LogP contribution < -0.4 is 0 Å². The zero-order valence-electron chi connectivity index (χ0n) is 26.2. The molecule has 4 saturated carbocycles. The molecule has 0 aromatic rings. The van der Waals surface area contributed by atoms with Gasteiger partial charge >= 0.3 is 5.97 Å². The summed E-state index contributed by atoms with van der Waals surface area (Å²) in [5, 5.41) is 60.5. The van der Waals surface area contributed by atoms with E-state index in [1.54, 1.807) is 0 Å². The molecule has 6 aliphatic rings. The van der Waals surface area contributed by atoms with Gasteiger partial charge in [0.1, 0.15) is 24.4 Å². The van der Waals surface area contributed by atoms with Gasteiger partial charge in [-0.1, -0.05) is 27.7 Å². The Hall–Kier alpha value is -0.850. The van der Waals surface area contributed by atoms with Crippen molar-refractivity contribution in [1.29, 1.82) is 0 Å². The molecular weight excluding hydrogens is 556 g/mol. The maximum atomic E-state index is 12.7. The lowest BCUT2D eigenvalue weighted by Crippen LogP contribution is -2.59. The number of carbonyl (C=O) groups excluding carboxylic acids is 1. The number of carbonyl (C=O) groups is 1. The minimum atomic E-state index is -2.06. The smallest absolute Gasteiger partial charge is 0.338 e. The summed E-state index contributed by atoms with van der Waals surface area (Å²) in [6, 6.07) is 0. The molecule has 4 aliphatic carbocycles. The van der Waals surface area contributed by atoms with Gasteiger partial charge in [-0.15, -0.1) is 0 Å². The SMILES string of the molecule is C[C@@H]1CC[C@@]2(OC1)O[C@H]1C[C@H]3[C@@H]4C[C@H](O)[C@H]5C[C@@H](OC(=O)[C@H](O)[C@@H](O)[C@@H](O)[C@H](O)CO)CC[C@]5(C)[C@H]4CC[C@]3(C)[C@H]1[C@@H]2C. The lowest BCUT2D eigenvalue weighted by molar-refractivity contribution is -0.273. The molecule has 43 heavy (non-hydrogen) atoms. The molecule has 0 amide bonds. The van der Waals surface area contributed by atoms with E-state index in [-0.39, 0.29) is 22.9 Å². The molecule has 1 spiro atoms. The number of fused-ring (bicyclic) bond motifs is 7. The molecule has 6 fully saturated rings. The van der Waals surface area contributed by atoms with Crippen LogP contribution >= 0.6 is 0 Å². The third-order valence-corrected chi connectivity index (χ3v) is 13.7. The summed E-state index contributed by atoms with van der Waals surface area (Å²) in [7, 11) is 0. The predicted octanol–water partition coefficient (Wildman–Crippen LogP) is 1.75. The average molecular weight is 611 g/mol. The topological polar surface area (TPSA) is 166 Å². The number of hydrogen-bond acceptors (Lipinski definition) is 10. The van der Waals surface area contributed by atoms with Crippen LogP contribution in [0.2, 0.25) is 0 Å². The molecule has 0 bridgehead atoms. The number of esters is 1. The van der Waals surface area contributed by atoms with E-state index in [0.29, 0.717) is 48.3 Å². The molecule has 2 aliphatic heterocycles. The second-order valence-corrected chi connectivity index (χ2v) is 15.8. The second-order valence-electron chi connectivity index (χ2n) is 15.8. The van der Waals surface area contributed by atoms with Crippen molar-refractivity contribution in [2.75, 3.05) is 13.2 Å². The third kappa shape index (κ3) is 5.01. The van der Waals surface area contributed by atoms with Gasteiger partial charge in [0, 0.05) is 12.3 Å². The predicted molar refractivity (Wildman–Crippen MR) is 154 cm³/mol. The first-order valence-corrected chi connectivity index (χ1v) is 16.8. The summed E-state index contributed by atoms with van der Waals surface area (Å²) >= 11 is 0. The molecule has 10 nitrogen and oxygen atoms in total. The Morgan fingerprint density at radius 3 is 2.30 bits per heavy atom. The summed E-state index contributed by atoms with van der Waals surface area (Å²) in [6.45, 7) is 9.33. The largest absolute Gasteiger partial charge is 0.460 e. The van der Waals surface area contributed by atoms with E-state index in [4.69, 9.17) is 19.3 Å². The standard InChI is InChI=1S/C33H54O10/c1-16-5-10-33(41-15-16)17(2)26-25(43-33)13-21-19-12-23(35)22-11-18(6-8-31(22,3)20(19)7-9-32(21,26)4)42-30(40)29(39)28(38)27(37)24(36)14-34/h16-29,34-39H,5-15H2,1-4H3/t16-,17+,18+,19-,20+,21+,22-,23+,24-,25+,26+,27+,28+,29-,31-,32+,33-/m1/s1. The highest BCUT2D eigenvalue weighted by atomic mass is 16.7. The van der Waals surface area contributed by atoms with Gasteiger partial charge in [0.25, 0.3) is 0 Å². The molecule has 17 atom stereocenters. The van der Waals surface area contributed by atoms with E-state index in [2.05, 4.69) is 27.7 Å². The van der Waals surface area contributed by atoms with Gasteiger partial charge in [-0.25, -0.2) is 4.79 Å². The first-order valence-electron chi connectivity index (χ1n) is 16.8. The lowest BCUT2D eigenvalue weighted by Gasteiger charge is -2.62. The summed E-state index contributed by atoms with van der Waals surface area (Å²) < 4.78 is 18.9. The Bertz CT molecular complexity index is 1030. The van der Waals surface area contributed by atoms with Crippen LogP contribution in [0.5, 0.6) is 0 Å². The number of rotatable bonds is 6. The maximum absolute atomic E-state index is 12.7. The normalized spacial score (nSPS) is 51.9. The van der Waals surface area contributed by atoms with E-state index in [1.807, 2.05) is 0 Å². The molecule has 0 aromatic carbocycles. The van der Waals surface area contributed by atoms with Crippen LogP contribution in [0.25, 0.3) is 0 Å². The van der Waals surface area contributed by atoms with Gasteiger partial charge in [0.15, 0.2) is 11.9 Å². The highest BCUT2D eigenvalue weighted by molar-refractivity contribution is 5.75. The lowest BCUT2D eigenvalue weighted by atomic mass is 9.43. The van der Waals surface area contributed by atoms with Crippen LogP contribution in [0, 0.1) is 52.3 Å². The Kier molecular flexibility index (Phi) is 8.54. The number of aliphatic hydroxyl groups is 6. The number of aliphatic hydroxyl groups excluding tert-OH is 6. The summed E-state index contributed by atoms with van der Waals surface area (Å²) in [5.41, 5.74) is 0.0576. The quantitative estimate of drug-likeness (QED) is 0.244. The minimum absolute atomic E-state index is 0.0505. The van der Waals surface area contributed by atoms with Gasteiger partial charge in [-0.05, 0) is 97.7 Å². The van der Waals surface area contributed by atoms with E-state index in [1.165, 1.54) is 0 Å². The maximum Gasteiger partial charge on any atom is 0.338 e. The van der Waals surface area contributed by atoms with E-state index in [0.717, 1.165) is 51.6 Å². The van der Waals surface area contributed by atoms with Crippen LogP contribution in [-0.4, -0.2) is 98.3 Å². The average Bonchev–Trinajstić information content (AvgIpc) is 3.43. The number of hydrogen-bond donors (Lipinski definition) is 6. The van der Waals surface area contributed by atoms with Crippen LogP contribution in [0.15, 0.2) is 0 Å². The molecule has 6 N–H and O–H groups in total. The Morgan fingerprint density at radius 1 is 0.907 bits per heavy atom. The molecule has 6 rings (SSSR count). The fraction of sp³-hybridized carbons (Fsp3) is 0.970. The van der Waals surface area contributed by atoms with Crippen molar-refractivity contribution in [3.05, 3.63) is 0 Å². The number of ether oxygens (including phenoxy) is 3. The van der Waals surface area contributed by atoms with Gasteiger partial charge in [-0.3, -0.25) is 0 Å². The van der Waals surface area contributed by atoms with Crippen LogP contribution in [-0.2, 0) is 19.0 Å². The highest BCUT2D eigenvalue weighted by Crippen LogP contribution is 2.71. The van der Waals surface area contributed by atoms with Crippen LogP contribution in [0.4, 0.5) is 0 Å². The van der Waals surface area contributed by atoms with E-state index < -0.39 is 55.0 Å². The monoisotopic (exact) mass is 610 g/mol. The molecule has 10 heteroatoms. The van der Waals surface area contributed by atoms with Crippen molar-refractivity contribution in [2.45, 2.75) is 134 Å². The van der Waals surface area contributed by atoms with Crippen molar-refractivity contribution >= 4 is 5.97 Å². The summed E-state index contributed by atoms with van der Waals surface area (Å²) in [4.78, 5) is 12.7. The molecular formula is C33H54O10.